The molecular formula is C16H24BrClN2O. The van der Waals surface area contributed by atoms with E-state index in [1.54, 1.807) is 0 Å². The van der Waals surface area contributed by atoms with Gasteiger partial charge in [0.15, 0.2) is 0 Å². The molecule has 0 spiro atoms. The largest absolute Gasteiger partial charge is 0.326 e. The van der Waals surface area contributed by atoms with Crippen molar-refractivity contribution in [2.24, 2.45) is 5.92 Å². The minimum Gasteiger partial charge on any atom is -0.326 e. The van der Waals surface area contributed by atoms with E-state index in [-0.39, 0.29) is 18.3 Å². The molecule has 1 aromatic rings. The Kier molecular flexibility index (Phi) is 8.30. The van der Waals surface area contributed by atoms with Gasteiger partial charge in [-0.3, -0.25) is 4.79 Å². The highest BCUT2D eigenvalue weighted by molar-refractivity contribution is 9.10. The molecule has 0 atom stereocenters. The molecule has 0 aromatic heterocycles. The van der Waals surface area contributed by atoms with Gasteiger partial charge in [0.25, 0.3) is 0 Å². The van der Waals surface area contributed by atoms with Gasteiger partial charge in [-0.1, -0.05) is 22.9 Å². The predicted octanol–water partition coefficient (Wildman–Crippen LogP) is 4.15. The lowest BCUT2D eigenvalue weighted by Crippen LogP contribution is -2.28. The van der Waals surface area contributed by atoms with Crippen molar-refractivity contribution in [1.82, 2.24) is 5.32 Å². The summed E-state index contributed by atoms with van der Waals surface area (Å²) in [5.74, 6) is 0.845. The number of hydrogen-bond donors (Lipinski definition) is 2. The van der Waals surface area contributed by atoms with Crippen LogP contribution in [-0.2, 0) is 11.2 Å². The summed E-state index contributed by atoms with van der Waals surface area (Å²) in [5, 5.41) is 6.41. The standard InChI is InChI=1S/C16H23BrN2O.ClH/c1-2-13-11-14(17)4-5-15(13)19-16(20)6-3-12-7-9-18-10-8-12;/h4-5,11-12,18H,2-3,6-10H2,1H3,(H,19,20);1H. The number of carbonyl (C=O) groups is 1. The van der Waals surface area contributed by atoms with Crippen LogP contribution in [-0.4, -0.2) is 19.0 Å². The number of piperidine rings is 1. The van der Waals surface area contributed by atoms with Crippen LogP contribution in [0.25, 0.3) is 0 Å². The molecule has 1 aliphatic rings. The number of nitrogens with one attached hydrogen (secondary N) is 2. The number of benzene rings is 1. The van der Waals surface area contributed by atoms with Gasteiger partial charge in [0.2, 0.25) is 5.91 Å². The molecule has 0 saturated carbocycles. The Morgan fingerprint density at radius 3 is 2.76 bits per heavy atom. The van der Waals surface area contributed by atoms with Crippen LogP contribution in [0.1, 0.15) is 38.2 Å². The van der Waals surface area contributed by atoms with Crippen molar-refractivity contribution >= 4 is 39.9 Å². The Morgan fingerprint density at radius 1 is 1.38 bits per heavy atom. The van der Waals surface area contributed by atoms with Crippen LogP contribution in [0.2, 0.25) is 0 Å². The normalized spacial score (nSPS) is 15.3. The van der Waals surface area contributed by atoms with Crippen LogP contribution in [0.5, 0.6) is 0 Å². The number of halogens is 2. The maximum Gasteiger partial charge on any atom is 0.224 e. The highest BCUT2D eigenvalue weighted by Gasteiger charge is 2.15. The zero-order chi connectivity index (χ0) is 14.4. The topological polar surface area (TPSA) is 41.1 Å². The molecule has 2 N–H and O–H groups in total. The third kappa shape index (κ3) is 5.97. The van der Waals surface area contributed by atoms with E-state index in [0.717, 1.165) is 36.1 Å². The number of hydrogen-bond acceptors (Lipinski definition) is 2. The molecule has 1 heterocycles. The van der Waals surface area contributed by atoms with E-state index in [9.17, 15) is 4.79 Å². The molecule has 1 aliphatic heterocycles. The van der Waals surface area contributed by atoms with Gasteiger partial charge in [-0.05, 0) is 68.5 Å². The number of anilines is 1. The molecule has 0 unspecified atom stereocenters. The summed E-state index contributed by atoms with van der Waals surface area (Å²) in [6.45, 7) is 4.30. The lowest BCUT2D eigenvalue weighted by Gasteiger charge is -2.22. The Balaban J connectivity index is 0.00000220. The Hall–Kier alpha value is -0.580. The maximum atomic E-state index is 12.1. The van der Waals surface area contributed by atoms with Crippen molar-refractivity contribution in [2.45, 2.75) is 39.0 Å². The Morgan fingerprint density at radius 2 is 2.10 bits per heavy atom. The summed E-state index contributed by atoms with van der Waals surface area (Å²) in [7, 11) is 0. The van der Waals surface area contributed by atoms with E-state index >= 15 is 0 Å². The zero-order valence-corrected chi connectivity index (χ0v) is 14.9. The molecule has 0 aliphatic carbocycles. The summed E-state index contributed by atoms with van der Waals surface area (Å²) < 4.78 is 1.06. The van der Waals surface area contributed by atoms with Crippen LogP contribution in [0.3, 0.4) is 0 Å². The van der Waals surface area contributed by atoms with E-state index in [1.807, 2.05) is 12.1 Å². The second kappa shape index (κ2) is 9.44. The molecular weight excluding hydrogens is 352 g/mol. The van der Waals surface area contributed by atoms with Gasteiger partial charge in [-0.15, -0.1) is 12.4 Å². The Labute approximate surface area is 141 Å². The van der Waals surface area contributed by atoms with Gasteiger partial charge in [0.05, 0.1) is 0 Å². The average Bonchev–Trinajstić information content (AvgIpc) is 2.48. The molecule has 0 radical (unpaired) electrons. The molecule has 118 valence electrons. The summed E-state index contributed by atoms with van der Waals surface area (Å²) >= 11 is 3.47. The molecule has 1 saturated heterocycles. The molecule has 3 nitrogen and oxygen atoms in total. The minimum atomic E-state index is 0. The van der Waals surface area contributed by atoms with E-state index in [4.69, 9.17) is 0 Å². The fourth-order valence-corrected chi connectivity index (χ4v) is 3.10. The van der Waals surface area contributed by atoms with Crippen LogP contribution in [0.15, 0.2) is 22.7 Å². The Bertz CT molecular complexity index is 462. The van der Waals surface area contributed by atoms with Crippen LogP contribution in [0.4, 0.5) is 5.69 Å². The highest BCUT2D eigenvalue weighted by Crippen LogP contribution is 2.23. The highest BCUT2D eigenvalue weighted by atomic mass is 79.9. The van der Waals surface area contributed by atoms with E-state index in [2.05, 4.69) is 39.6 Å². The van der Waals surface area contributed by atoms with Crippen LogP contribution in [0, 0.1) is 5.92 Å². The summed E-state index contributed by atoms with van der Waals surface area (Å²) in [4.78, 5) is 12.1. The van der Waals surface area contributed by atoms with Crippen molar-refractivity contribution in [3.8, 4) is 0 Å². The smallest absolute Gasteiger partial charge is 0.224 e. The molecule has 1 aromatic carbocycles. The van der Waals surface area contributed by atoms with Crippen molar-refractivity contribution in [3.63, 3.8) is 0 Å². The lowest BCUT2D eigenvalue weighted by atomic mass is 9.93. The zero-order valence-electron chi connectivity index (χ0n) is 12.5. The second-order valence-electron chi connectivity index (χ2n) is 5.44. The maximum absolute atomic E-state index is 12.1. The number of aryl methyl sites for hydroxylation is 1. The lowest BCUT2D eigenvalue weighted by molar-refractivity contribution is -0.116. The molecule has 0 bridgehead atoms. The molecule has 1 fully saturated rings. The fraction of sp³-hybridized carbons (Fsp3) is 0.562. The fourth-order valence-electron chi connectivity index (χ4n) is 2.70. The van der Waals surface area contributed by atoms with Gasteiger partial charge in [-0.25, -0.2) is 0 Å². The molecule has 1 amide bonds. The summed E-state index contributed by atoms with van der Waals surface area (Å²) in [6, 6.07) is 6.02. The van der Waals surface area contributed by atoms with E-state index in [0.29, 0.717) is 12.3 Å². The third-order valence-electron chi connectivity index (χ3n) is 3.96. The number of carbonyl (C=O) groups excluding carboxylic acids is 1. The van der Waals surface area contributed by atoms with Gasteiger partial charge in [0, 0.05) is 16.6 Å². The number of rotatable bonds is 5. The molecule has 2 rings (SSSR count). The van der Waals surface area contributed by atoms with E-state index < -0.39 is 0 Å². The monoisotopic (exact) mass is 374 g/mol. The van der Waals surface area contributed by atoms with Crippen LogP contribution >= 0.6 is 28.3 Å². The van der Waals surface area contributed by atoms with Gasteiger partial charge in [0.1, 0.15) is 0 Å². The first kappa shape index (κ1) is 18.5. The van der Waals surface area contributed by atoms with Crippen molar-refractivity contribution < 1.29 is 4.79 Å². The second-order valence-corrected chi connectivity index (χ2v) is 6.35. The first-order valence-corrected chi connectivity index (χ1v) is 8.27. The molecule has 5 heteroatoms. The molecule has 21 heavy (non-hydrogen) atoms. The van der Waals surface area contributed by atoms with Crippen molar-refractivity contribution in [2.75, 3.05) is 18.4 Å². The SMILES string of the molecule is CCc1cc(Br)ccc1NC(=O)CCC1CCNCC1.Cl. The first-order chi connectivity index (χ1) is 9.69. The third-order valence-corrected chi connectivity index (χ3v) is 4.45. The first-order valence-electron chi connectivity index (χ1n) is 7.48. The minimum absolute atomic E-state index is 0. The summed E-state index contributed by atoms with van der Waals surface area (Å²) in [5.41, 5.74) is 2.13. The van der Waals surface area contributed by atoms with Gasteiger partial charge in [-0.2, -0.15) is 0 Å². The van der Waals surface area contributed by atoms with E-state index in [1.165, 1.54) is 18.4 Å². The van der Waals surface area contributed by atoms with Gasteiger partial charge >= 0.3 is 0 Å². The van der Waals surface area contributed by atoms with Crippen LogP contribution < -0.4 is 10.6 Å². The summed E-state index contributed by atoms with van der Waals surface area (Å²) in [6.07, 6.45) is 4.95. The number of amides is 1. The average molecular weight is 376 g/mol. The predicted molar refractivity (Wildman–Crippen MR) is 94.2 cm³/mol. The van der Waals surface area contributed by atoms with Gasteiger partial charge < -0.3 is 10.6 Å². The van der Waals surface area contributed by atoms with Crippen molar-refractivity contribution in [3.05, 3.63) is 28.2 Å². The van der Waals surface area contributed by atoms with Crippen molar-refractivity contribution in [1.29, 1.82) is 0 Å². The quantitative estimate of drug-likeness (QED) is 0.811.